The Hall–Kier alpha value is -4.67. The zero-order valence-corrected chi connectivity index (χ0v) is 23.4. The standard InChI is InChI=1S/C27H26F6N4O7/c1-5-6-12-25(27(31,32)33,42-14-15-10-8-7-9-11-15)21-36-35-20(43-21)18-17(13-16(19(38)34-18)26(28,29)30)37(22(39)40)23(41)44-24(2,3)4/h5,7-11,13H,1,6,12,14H2,2-4H3,(H,34,38)(H,39,40). The van der Waals surface area contributed by atoms with Gasteiger partial charge in [0.1, 0.15) is 11.2 Å². The number of nitrogens with zero attached hydrogens (tertiary/aromatic N) is 4. The molecule has 0 saturated heterocycles. The van der Waals surface area contributed by atoms with Crippen LogP contribution in [0, 0.1) is 0 Å². The fourth-order valence-electron chi connectivity index (χ4n) is 3.77. The summed E-state index contributed by atoms with van der Waals surface area (Å²) in [5.74, 6) is -4.02. The lowest BCUT2D eigenvalue weighted by atomic mass is 9.96. The van der Waals surface area contributed by atoms with Gasteiger partial charge in [-0.3, -0.25) is 0 Å². The molecular formula is C27H26F6N4O7. The van der Waals surface area contributed by atoms with Crippen LogP contribution in [0.25, 0.3) is 11.6 Å². The minimum atomic E-state index is -5.32. The first-order valence-electron chi connectivity index (χ1n) is 12.6. The van der Waals surface area contributed by atoms with Crippen molar-refractivity contribution in [1.82, 2.24) is 15.2 Å². The van der Waals surface area contributed by atoms with Crippen molar-refractivity contribution < 1.29 is 60.0 Å². The number of carboxylic acid groups (broad SMARTS) is 1. The number of aromatic nitrogens is 3. The summed E-state index contributed by atoms with van der Waals surface area (Å²) in [7, 11) is 0. The number of ether oxygens (including phenoxy) is 2. The second kappa shape index (κ2) is 12.5. The van der Waals surface area contributed by atoms with E-state index in [0.29, 0.717) is 5.56 Å². The Bertz CT molecular complexity index is 1500. The first kappa shape index (κ1) is 33.8. The highest BCUT2D eigenvalue weighted by Gasteiger charge is 2.61. The van der Waals surface area contributed by atoms with Gasteiger partial charge in [-0.05, 0) is 45.2 Å². The molecule has 1 atom stereocenters. The van der Waals surface area contributed by atoms with Gasteiger partial charge in [0, 0.05) is 0 Å². The average molecular weight is 633 g/mol. The molecule has 0 aliphatic heterocycles. The highest BCUT2D eigenvalue weighted by molar-refractivity contribution is 6.10. The van der Waals surface area contributed by atoms with Crippen LogP contribution in [0.1, 0.15) is 50.6 Å². The lowest BCUT2D eigenvalue weighted by molar-refractivity contribution is -0.299. The van der Waals surface area contributed by atoms with E-state index in [-0.39, 0.29) is 17.4 Å². The second-order valence-corrected chi connectivity index (χ2v) is 10.2. The van der Waals surface area contributed by atoms with Gasteiger partial charge >= 0.3 is 24.5 Å². The molecule has 1 aromatic carbocycles. The summed E-state index contributed by atoms with van der Waals surface area (Å²) < 4.78 is 101. The molecule has 3 rings (SSSR count). The first-order valence-corrected chi connectivity index (χ1v) is 12.6. The number of anilines is 1. The van der Waals surface area contributed by atoms with Crippen LogP contribution in [-0.4, -0.2) is 49.4 Å². The SMILES string of the molecule is C=CCCC(OCc1ccccc1)(c1nnc(-c2nc(O)c(C(F)(F)F)cc2N(C(=O)O)C(=O)OC(C)(C)C)o1)C(F)(F)F. The van der Waals surface area contributed by atoms with E-state index in [1.165, 1.54) is 39.0 Å². The largest absolute Gasteiger partial charge is 0.493 e. The van der Waals surface area contributed by atoms with Crippen molar-refractivity contribution >= 4 is 17.9 Å². The van der Waals surface area contributed by atoms with Crippen LogP contribution in [0.4, 0.5) is 41.6 Å². The second-order valence-electron chi connectivity index (χ2n) is 10.2. The van der Waals surface area contributed by atoms with Crippen LogP contribution in [0.15, 0.2) is 53.5 Å². The molecule has 0 saturated carbocycles. The number of hydrogen-bond acceptors (Lipinski definition) is 9. The maximum atomic E-state index is 14.7. The summed E-state index contributed by atoms with van der Waals surface area (Å²) in [6.45, 7) is 6.83. The summed E-state index contributed by atoms with van der Waals surface area (Å²) in [6.07, 6.45) is -14.3. The number of amides is 2. The van der Waals surface area contributed by atoms with Gasteiger partial charge in [0.05, 0.1) is 12.3 Å². The molecular weight excluding hydrogens is 606 g/mol. The maximum Gasteiger partial charge on any atom is 0.426 e. The summed E-state index contributed by atoms with van der Waals surface area (Å²) in [5.41, 5.74) is -8.45. The molecule has 0 radical (unpaired) electrons. The number of imide groups is 1. The Morgan fingerprint density at radius 2 is 1.70 bits per heavy atom. The van der Waals surface area contributed by atoms with Gasteiger partial charge in [-0.25, -0.2) is 14.6 Å². The average Bonchev–Trinajstić information content (AvgIpc) is 3.38. The Morgan fingerprint density at radius 3 is 2.23 bits per heavy atom. The number of rotatable bonds is 9. The molecule has 0 spiro atoms. The van der Waals surface area contributed by atoms with E-state index < -0.39 is 83.4 Å². The molecule has 2 N–H and O–H groups in total. The summed E-state index contributed by atoms with van der Waals surface area (Å²) in [5, 5.41) is 26.7. The van der Waals surface area contributed by atoms with Crippen molar-refractivity contribution in [2.45, 2.75) is 63.8 Å². The monoisotopic (exact) mass is 632 g/mol. The van der Waals surface area contributed by atoms with E-state index in [1.807, 2.05) is 0 Å². The van der Waals surface area contributed by atoms with Gasteiger partial charge in [-0.1, -0.05) is 36.4 Å². The minimum absolute atomic E-state index is 0.0280. The van der Waals surface area contributed by atoms with E-state index in [9.17, 15) is 46.1 Å². The Balaban J connectivity index is 2.26. The van der Waals surface area contributed by atoms with E-state index in [1.54, 1.807) is 18.2 Å². The zero-order chi connectivity index (χ0) is 33.1. The molecule has 0 fully saturated rings. The molecule has 44 heavy (non-hydrogen) atoms. The number of carbonyl (C=O) groups excluding carboxylic acids is 1. The highest BCUT2D eigenvalue weighted by atomic mass is 19.4. The number of halogens is 6. The van der Waals surface area contributed by atoms with Crippen LogP contribution in [0.2, 0.25) is 0 Å². The molecule has 238 valence electrons. The van der Waals surface area contributed by atoms with E-state index in [2.05, 4.69) is 21.8 Å². The Kier molecular flexibility index (Phi) is 9.62. The van der Waals surface area contributed by atoms with Gasteiger partial charge in [-0.2, -0.15) is 31.2 Å². The van der Waals surface area contributed by atoms with E-state index >= 15 is 0 Å². The molecule has 3 aromatic rings. The van der Waals surface area contributed by atoms with Crippen LogP contribution in [-0.2, 0) is 27.9 Å². The summed E-state index contributed by atoms with van der Waals surface area (Å²) >= 11 is 0. The number of benzene rings is 1. The fraction of sp³-hybridized carbons (Fsp3) is 0.370. The van der Waals surface area contributed by atoms with Crippen molar-refractivity contribution in [2.75, 3.05) is 4.90 Å². The lowest BCUT2D eigenvalue weighted by Gasteiger charge is -2.32. The molecule has 2 amide bonds. The zero-order valence-electron chi connectivity index (χ0n) is 23.4. The third kappa shape index (κ3) is 7.45. The molecule has 1 unspecified atom stereocenters. The summed E-state index contributed by atoms with van der Waals surface area (Å²) in [6, 6.07) is 7.76. The number of aromatic hydroxyl groups is 1. The van der Waals surface area contributed by atoms with E-state index in [0.717, 1.165) is 0 Å². The van der Waals surface area contributed by atoms with Crippen LogP contribution in [0.5, 0.6) is 5.88 Å². The van der Waals surface area contributed by atoms with E-state index in [4.69, 9.17) is 13.9 Å². The molecule has 17 heteroatoms. The number of carbonyl (C=O) groups is 2. The smallest absolute Gasteiger partial charge is 0.426 e. The van der Waals surface area contributed by atoms with Crippen LogP contribution in [0.3, 0.4) is 0 Å². The quantitative estimate of drug-likeness (QED) is 0.183. The Labute approximate surface area is 245 Å². The molecule has 2 aromatic heterocycles. The summed E-state index contributed by atoms with van der Waals surface area (Å²) in [4.78, 5) is 27.9. The van der Waals surface area contributed by atoms with Gasteiger partial charge in [-0.15, -0.1) is 16.8 Å². The predicted molar refractivity (Wildman–Crippen MR) is 139 cm³/mol. The van der Waals surface area contributed by atoms with Crippen molar-refractivity contribution in [3.05, 3.63) is 66.1 Å². The highest BCUT2D eigenvalue weighted by Crippen LogP contribution is 2.47. The molecule has 0 bridgehead atoms. The molecule has 2 heterocycles. The maximum absolute atomic E-state index is 14.7. The molecule has 11 nitrogen and oxygen atoms in total. The van der Waals surface area contributed by atoms with Gasteiger partial charge in [0.25, 0.3) is 11.8 Å². The van der Waals surface area contributed by atoms with Gasteiger partial charge in [0.2, 0.25) is 11.5 Å². The fourth-order valence-corrected chi connectivity index (χ4v) is 3.77. The number of hydrogen-bond donors (Lipinski definition) is 2. The topological polar surface area (TPSA) is 148 Å². The third-order valence-corrected chi connectivity index (χ3v) is 5.76. The normalized spacial score (nSPS) is 13.7. The Morgan fingerprint density at radius 1 is 1.07 bits per heavy atom. The van der Waals surface area contributed by atoms with Gasteiger partial charge < -0.3 is 24.1 Å². The van der Waals surface area contributed by atoms with Crippen molar-refractivity contribution in [1.29, 1.82) is 0 Å². The van der Waals surface area contributed by atoms with Crippen molar-refractivity contribution in [3.8, 4) is 17.5 Å². The number of allylic oxidation sites excluding steroid dienone is 1. The minimum Gasteiger partial charge on any atom is -0.493 e. The first-order chi connectivity index (χ1) is 20.3. The molecule has 0 aliphatic rings. The van der Waals surface area contributed by atoms with Crippen molar-refractivity contribution in [3.63, 3.8) is 0 Å². The number of pyridine rings is 1. The lowest BCUT2D eigenvalue weighted by Crippen LogP contribution is -2.45. The number of alkyl halides is 6. The van der Waals surface area contributed by atoms with Crippen molar-refractivity contribution in [2.24, 2.45) is 0 Å². The van der Waals surface area contributed by atoms with Crippen LogP contribution < -0.4 is 4.90 Å². The predicted octanol–water partition coefficient (Wildman–Crippen LogP) is 7.22. The third-order valence-electron chi connectivity index (χ3n) is 5.76. The molecule has 0 aliphatic carbocycles. The van der Waals surface area contributed by atoms with Gasteiger partial charge in [0.15, 0.2) is 5.69 Å². The van der Waals surface area contributed by atoms with Crippen LogP contribution >= 0.6 is 0 Å².